The predicted molar refractivity (Wildman–Crippen MR) is 193 cm³/mol. The summed E-state index contributed by atoms with van der Waals surface area (Å²) >= 11 is 0. The zero-order valence-electron chi connectivity index (χ0n) is 31.2. The molecule has 6 unspecified atom stereocenters. The number of carbonyl (C=O) groups is 1. The van der Waals surface area contributed by atoms with Crippen molar-refractivity contribution in [2.75, 3.05) is 26.4 Å². The largest absolute Gasteiger partial charge is 0.457 e. The monoisotopic (exact) mass is 740 g/mol. The highest BCUT2D eigenvalue weighted by molar-refractivity contribution is 7.80. The second-order valence-electron chi connectivity index (χ2n) is 13.9. The highest BCUT2D eigenvalue weighted by Gasteiger charge is 2.48. The normalized spacial score (nSPS) is 21.8. The third kappa shape index (κ3) is 24.4. The summed E-state index contributed by atoms with van der Waals surface area (Å²) < 4.78 is 58.7. The molecule has 0 amide bonds. The van der Waals surface area contributed by atoms with Crippen LogP contribution in [-0.4, -0.2) is 97.5 Å². The van der Waals surface area contributed by atoms with E-state index in [4.69, 9.17) is 23.5 Å². The molecule has 13 heteroatoms. The van der Waals surface area contributed by atoms with E-state index in [-0.39, 0.29) is 19.6 Å². The fourth-order valence-electron chi connectivity index (χ4n) is 6.20. The van der Waals surface area contributed by atoms with Crippen LogP contribution in [0.2, 0.25) is 0 Å². The van der Waals surface area contributed by atoms with Gasteiger partial charge in [0.2, 0.25) is 0 Å². The van der Waals surface area contributed by atoms with Crippen molar-refractivity contribution in [2.24, 2.45) is 0 Å². The Bertz CT molecular complexity index is 905. The van der Waals surface area contributed by atoms with Crippen molar-refractivity contribution in [3.05, 3.63) is 0 Å². The number of aliphatic hydroxyl groups excluding tert-OH is 3. The number of esters is 1. The van der Waals surface area contributed by atoms with Crippen LogP contribution in [0.5, 0.6) is 0 Å². The molecule has 0 aromatic rings. The minimum atomic E-state index is -5.05. The molecule has 50 heavy (non-hydrogen) atoms. The zero-order valence-corrected chi connectivity index (χ0v) is 32.0. The van der Waals surface area contributed by atoms with Crippen molar-refractivity contribution in [3.8, 4) is 0 Å². The van der Waals surface area contributed by atoms with Gasteiger partial charge in [0.1, 0.15) is 30.5 Å². The summed E-state index contributed by atoms with van der Waals surface area (Å²) in [5.41, 5.74) is 0. The molecular weight excluding hydrogens is 668 g/mol. The van der Waals surface area contributed by atoms with Gasteiger partial charge in [-0.1, -0.05) is 149 Å². The first kappa shape index (κ1) is 47.1. The number of unbranched alkanes of at least 4 members (excludes halogenated alkanes) is 21. The summed E-state index contributed by atoms with van der Waals surface area (Å²) in [6, 6.07) is 0. The van der Waals surface area contributed by atoms with Crippen molar-refractivity contribution >= 4 is 16.4 Å². The molecule has 6 atom stereocenters. The molecule has 1 rings (SSSR count). The molecule has 0 bridgehead atoms. The predicted octanol–water partition coefficient (Wildman–Crippen LogP) is 6.96. The number of hydrogen-bond donors (Lipinski definition) is 4. The molecule has 1 aliphatic rings. The Hall–Kier alpha value is -0.900. The van der Waals surface area contributed by atoms with Gasteiger partial charge < -0.3 is 34.3 Å². The van der Waals surface area contributed by atoms with Gasteiger partial charge in [0.25, 0.3) is 0 Å². The number of ether oxygens (including phenoxy) is 4. The molecule has 12 nitrogen and oxygen atoms in total. The van der Waals surface area contributed by atoms with E-state index in [9.17, 15) is 28.5 Å². The van der Waals surface area contributed by atoms with Crippen molar-refractivity contribution in [2.45, 2.75) is 205 Å². The lowest BCUT2D eigenvalue weighted by Crippen LogP contribution is -2.60. The smallest absolute Gasteiger partial charge is 0.397 e. The number of carbonyl (C=O) groups excluding carboxylic acids is 1. The topological polar surface area (TPSA) is 178 Å². The summed E-state index contributed by atoms with van der Waals surface area (Å²) in [4.78, 5) is 12.7. The molecule has 1 saturated heterocycles. The van der Waals surface area contributed by atoms with E-state index < -0.39 is 59.8 Å². The molecule has 1 heterocycles. The van der Waals surface area contributed by atoms with Crippen molar-refractivity contribution in [3.63, 3.8) is 0 Å². The quantitative estimate of drug-likeness (QED) is 0.0303. The lowest BCUT2D eigenvalue weighted by Gasteiger charge is -2.41. The Balaban J connectivity index is 2.49. The summed E-state index contributed by atoms with van der Waals surface area (Å²) in [5, 5.41) is 30.5. The van der Waals surface area contributed by atoms with Gasteiger partial charge in [-0.05, 0) is 12.8 Å². The van der Waals surface area contributed by atoms with Crippen LogP contribution in [0.4, 0.5) is 0 Å². The molecule has 1 fully saturated rings. The molecule has 4 N–H and O–H groups in total. The average Bonchev–Trinajstić information content (AvgIpc) is 3.08. The van der Waals surface area contributed by atoms with Crippen LogP contribution >= 0.6 is 0 Å². The van der Waals surface area contributed by atoms with E-state index in [0.717, 1.165) is 38.5 Å². The first-order valence-corrected chi connectivity index (χ1v) is 21.2. The van der Waals surface area contributed by atoms with Gasteiger partial charge >= 0.3 is 16.4 Å². The zero-order chi connectivity index (χ0) is 36.9. The number of aliphatic hydroxyl groups is 3. The maximum atomic E-state index is 12.7. The highest BCUT2D eigenvalue weighted by atomic mass is 32.3. The maximum absolute atomic E-state index is 12.7. The molecule has 0 saturated carbocycles. The Kier molecular flexibility index (Phi) is 28.8. The summed E-state index contributed by atoms with van der Waals surface area (Å²) in [5.74, 6) is -0.398. The van der Waals surface area contributed by atoms with Crippen molar-refractivity contribution in [1.82, 2.24) is 0 Å². The Morgan fingerprint density at radius 2 is 1.14 bits per heavy atom. The maximum Gasteiger partial charge on any atom is 0.397 e. The molecule has 0 aromatic heterocycles. The van der Waals surface area contributed by atoms with Crippen LogP contribution in [0.25, 0.3) is 0 Å². The first-order valence-electron chi connectivity index (χ1n) is 19.8. The fourth-order valence-corrected chi connectivity index (χ4v) is 6.71. The minimum absolute atomic E-state index is 0.0432. The van der Waals surface area contributed by atoms with Gasteiger partial charge in [-0.25, -0.2) is 4.18 Å². The highest BCUT2D eigenvalue weighted by Crippen LogP contribution is 2.26. The first-order chi connectivity index (χ1) is 24.1. The van der Waals surface area contributed by atoms with E-state index >= 15 is 0 Å². The van der Waals surface area contributed by atoms with E-state index in [1.165, 1.54) is 103 Å². The summed E-state index contributed by atoms with van der Waals surface area (Å²) in [6.45, 7) is 3.98. The van der Waals surface area contributed by atoms with Gasteiger partial charge in [0.05, 0.1) is 19.8 Å². The second kappa shape index (κ2) is 30.6. The van der Waals surface area contributed by atoms with Crippen LogP contribution in [-0.2, 0) is 38.3 Å². The molecule has 0 spiro atoms. The molecule has 298 valence electrons. The second-order valence-corrected chi connectivity index (χ2v) is 14.9. The van der Waals surface area contributed by atoms with Crippen LogP contribution < -0.4 is 0 Å². The SMILES string of the molecule is CCCCCCCCCCCCCCCC(=O)OC(COCCCCCCCCCCCC)COC1OC(CO)C(O)C(OS(=O)(=O)O)C1O. The molecule has 0 aromatic carbocycles. The van der Waals surface area contributed by atoms with E-state index in [2.05, 4.69) is 18.0 Å². The van der Waals surface area contributed by atoms with E-state index in [0.29, 0.717) is 13.0 Å². The Morgan fingerprint density at radius 1 is 0.680 bits per heavy atom. The third-order valence-electron chi connectivity index (χ3n) is 9.23. The van der Waals surface area contributed by atoms with Gasteiger partial charge in [-0.15, -0.1) is 0 Å². The summed E-state index contributed by atoms with van der Waals surface area (Å²) in [6.07, 6.45) is 18.6. The van der Waals surface area contributed by atoms with Crippen LogP contribution in [0, 0.1) is 0 Å². The standard InChI is InChI=1S/C37H72O12S/c1-3-5-7-9-11-13-15-16-17-18-20-22-24-26-33(39)47-31(29-45-27-25-23-21-19-14-12-10-8-6-4-2)30-46-37-35(41)36(49-50(42,43)44)34(40)32(28-38)48-37/h31-32,34-38,40-41H,3-30H2,1-2H3,(H,42,43,44). The van der Waals surface area contributed by atoms with Crippen LogP contribution in [0.1, 0.15) is 168 Å². The van der Waals surface area contributed by atoms with Gasteiger partial charge in [-0.3, -0.25) is 9.35 Å². The van der Waals surface area contributed by atoms with E-state index in [1.54, 1.807) is 0 Å². The van der Waals surface area contributed by atoms with Crippen molar-refractivity contribution < 1.29 is 56.2 Å². The Morgan fingerprint density at radius 3 is 1.60 bits per heavy atom. The lowest BCUT2D eigenvalue weighted by molar-refractivity contribution is -0.301. The van der Waals surface area contributed by atoms with Gasteiger partial charge in [0, 0.05) is 13.0 Å². The fraction of sp³-hybridized carbons (Fsp3) is 0.973. The number of rotatable bonds is 34. The minimum Gasteiger partial charge on any atom is -0.457 e. The molecule has 1 aliphatic heterocycles. The summed E-state index contributed by atoms with van der Waals surface area (Å²) in [7, 11) is -5.05. The van der Waals surface area contributed by atoms with Crippen LogP contribution in [0.3, 0.4) is 0 Å². The Labute approximate surface area is 303 Å². The van der Waals surface area contributed by atoms with Gasteiger partial charge in [0.15, 0.2) is 6.29 Å². The molecule has 0 radical (unpaired) electrons. The lowest BCUT2D eigenvalue weighted by atomic mass is 9.99. The molecule has 0 aliphatic carbocycles. The van der Waals surface area contributed by atoms with Crippen LogP contribution in [0.15, 0.2) is 0 Å². The third-order valence-corrected chi connectivity index (χ3v) is 9.69. The number of hydrogen-bond acceptors (Lipinski definition) is 11. The molecular formula is C37H72O12S. The van der Waals surface area contributed by atoms with Crippen molar-refractivity contribution in [1.29, 1.82) is 0 Å². The van der Waals surface area contributed by atoms with Gasteiger partial charge in [-0.2, -0.15) is 8.42 Å². The van der Waals surface area contributed by atoms with E-state index in [1.807, 2.05) is 0 Å². The average molecular weight is 741 g/mol.